The van der Waals surface area contributed by atoms with Gasteiger partial charge in [-0.2, -0.15) is 0 Å². The summed E-state index contributed by atoms with van der Waals surface area (Å²) in [6.07, 6.45) is 0.847. The molecule has 1 aliphatic rings. The van der Waals surface area contributed by atoms with Gasteiger partial charge in [-0.25, -0.2) is 0 Å². The third-order valence-electron chi connectivity index (χ3n) is 3.68. The molecule has 2 aromatic carbocycles. The summed E-state index contributed by atoms with van der Waals surface area (Å²) in [5, 5.41) is 9.78. The van der Waals surface area contributed by atoms with Crippen LogP contribution in [0.1, 0.15) is 21.5 Å². The van der Waals surface area contributed by atoms with Crippen LogP contribution in [0.4, 0.5) is 0 Å². The molecule has 3 rings (SSSR count). The molecule has 1 aliphatic heterocycles. The van der Waals surface area contributed by atoms with Gasteiger partial charge >= 0.3 is 0 Å². The highest BCUT2D eigenvalue weighted by atomic mass is 16.5. The number of benzene rings is 2. The van der Waals surface area contributed by atoms with E-state index in [0.717, 1.165) is 23.3 Å². The molecule has 21 heavy (non-hydrogen) atoms. The molecule has 1 heterocycles. The van der Waals surface area contributed by atoms with E-state index in [-0.39, 0.29) is 11.7 Å². The molecule has 0 aliphatic carbocycles. The van der Waals surface area contributed by atoms with Crippen molar-refractivity contribution in [3.8, 4) is 11.5 Å². The number of fused-ring (bicyclic) bond motifs is 1. The number of rotatable bonds is 3. The number of phenols is 1. The van der Waals surface area contributed by atoms with Crippen LogP contribution in [0.2, 0.25) is 0 Å². The van der Waals surface area contributed by atoms with E-state index in [1.54, 1.807) is 30.1 Å². The molecule has 1 amide bonds. The molecule has 1 N–H and O–H groups in total. The number of carbonyl (C=O) groups excluding carboxylic acids is 1. The van der Waals surface area contributed by atoms with Gasteiger partial charge in [0.05, 0.1) is 6.61 Å². The van der Waals surface area contributed by atoms with E-state index in [1.165, 1.54) is 0 Å². The van der Waals surface area contributed by atoms with Crippen molar-refractivity contribution in [1.82, 2.24) is 4.90 Å². The fraction of sp³-hybridized carbons (Fsp3) is 0.235. The highest BCUT2D eigenvalue weighted by Crippen LogP contribution is 2.26. The van der Waals surface area contributed by atoms with E-state index in [4.69, 9.17) is 4.74 Å². The number of aromatic hydroxyl groups is 1. The molecule has 0 saturated heterocycles. The van der Waals surface area contributed by atoms with Crippen LogP contribution in [0.3, 0.4) is 0 Å². The van der Waals surface area contributed by atoms with E-state index in [2.05, 4.69) is 0 Å². The Hall–Kier alpha value is -2.49. The Morgan fingerprint density at radius 3 is 2.90 bits per heavy atom. The van der Waals surface area contributed by atoms with Gasteiger partial charge in [-0.3, -0.25) is 4.79 Å². The van der Waals surface area contributed by atoms with Crippen LogP contribution in [0.15, 0.2) is 42.5 Å². The molecular weight excluding hydrogens is 266 g/mol. The third kappa shape index (κ3) is 2.70. The Morgan fingerprint density at radius 1 is 1.29 bits per heavy atom. The number of carbonyl (C=O) groups is 1. The summed E-state index contributed by atoms with van der Waals surface area (Å²) in [7, 11) is 1.73. The first-order chi connectivity index (χ1) is 10.1. The Bertz CT molecular complexity index is 681. The first-order valence-corrected chi connectivity index (χ1v) is 6.93. The van der Waals surface area contributed by atoms with Crippen molar-refractivity contribution in [2.75, 3.05) is 13.7 Å². The lowest BCUT2D eigenvalue weighted by Crippen LogP contribution is -2.26. The first-order valence-electron chi connectivity index (χ1n) is 6.93. The molecule has 0 saturated carbocycles. The maximum absolute atomic E-state index is 12.5. The Kier molecular flexibility index (Phi) is 3.52. The summed E-state index contributed by atoms with van der Waals surface area (Å²) in [6, 6.07) is 12.6. The van der Waals surface area contributed by atoms with Crippen LogP contribution < -0.4 is 4.74 Å². The fourth-order valence-corrected chi connectivity index (χ4v) is 2.51. The fourth-order valence-electron chi connectivity index (χ4n) is 2.51. The quantitative estimate of drug-likeness (QED) is 0.942. The predicted octanol–water partition coefficient (Wildman–Crippen LogP) is 2.60. The number of hydrogen-bond acceptors (Lipinski definition) is 3. The molecule has 0 unspecified atom stereocenters. The van der Waals surface area contributed by atoms with E-state index in [1.807, 2.05) is 24.3 Å². The molecule has 108 valence electrons. The second-order valence-corrected chi connectivity index (χ2v) is 5.21. The maximum Gasteiger partial charge on any atom is 0.253 e. The van der Waals surface area contributed by atoms with Gasteiger partial charge in [-0.15, -0.1) is 0 Å². The molecule has 4 nitrogen and oxygen atoms in total. The lowest BCUT2D eigenvalue weighted by Gasteiger charge is -2.18. The minimum atomic E-state index is -0.0621. The van der Waals surface area contributed by atoms with Gasteiger partial charge in [0.15, 0.2) is 0 Å². The van der Waals surface area contributed by atoms with Crippen molar-refractivity contribution in [2.24, 2.45) is 0 Å². The van der Waals surface area contributed by atoms with Crippen LogP contribution in [-0.2, 0) is 13.0 Å². The summed E-state index contributed by atoms with van der Waals surface area (Å²) in [6.45, 7) is 1.06. The van der Waals surface area contributed by atoms with E-state index >= 15 is 0 Å². The SMILES string of the molecule is CN(Cc1ccccc1O)C(=O)c1ccc2c(c1)CCO2. The molecule has 2 aromatic rings. The molecule has 4 heteroatoms. The van der Waals surface area contributed by atoms with Crippen LogP contribution in [-0.4, -0.2) is 29.6 Å². The van der Waals surface area contributed by atoms with Crippen molar-refractivity contribution in [1.29, 1.82) is 0 Å². The monoisotopic (exact) mass is 283 g/mol. The van der Waals surface area contributed by atoms with Crippen molar-refractivity contribution >= 4 is 5.91 Å². The number of nitrogens with zero attached hydrogens (tertiary/aromatic N) is 1. The lowest BCUT2D eigenvalue weighted by molar-refractivity contribution is 0.0784. The van der Waals surface area contributed by atoms with Crippen molar-refractivity contribution in [3.63, 3.8) is 0 Å². The summed E-state index contributed by atoms with van der Waals surface area (Å²) in [5.74, 6) is 1.02. The van der Waals surface area contributed by atoms with Crippen molar-refractivity contribution in [3.05, 3.63) is 59.2 Å². The average molecular weight is 283 g/mol. The van der Waals surface area contributed by atoms with Crippen LogP contribution >= 0.6 is 0 Å². The minimum Gasteiger partial charge on any atom is -0.508 e. The highest BCUT2D eigenvalue weighted by Gasteiger charge is 2.18. The summed E-state index contributed by atoms with van der Waals surface area (Å²) < 4.78 is 5.45. The molecule has 0 fully saturated rings. The molecule has 0 spiro atoms. The number of phenolic OH excluding ortho intramolecular Hbond substituents is 1. The summed E-state index contributed by atoms with van der Waals surface area (Å²) in [5.41, 5.74) is 2.46. The van der Waals surface area contributed by atoms with Gasteiger partial charge in [0.2, 0.25) is 0 Å². The second kappa shape index (κ2) is 5.48. The van der Waals surface area contributed by atoms with Crippen molar-refractivity contribution in [2.45, 2.75) is 13.0 Å². The molecule has 0 atom stereocenters. The van der Waals surface area contributed by atoms with Gasteiger partial charge in [0.25, 0.3) is 5.91 Å². The van der Waals surface area contributed by atoms with Crippen LogP contribution in [0.25, 0.3) is 0 Å². The standard InChI is InChI=1S/C17H17NO3/c1-18(11-14-4-2-3-5-15(14)19)17(20)13-6-7-16-12(10-13)8-9-21-16/h2-7,10,19H,8-9,11H2,1H3. The normalized spacial score (nSPS) is 12.6. The predicted molar refractivity (Wildman–Crippen MR) is 79.5 cm³/mol. The average Bonchev–Trinajstić information content (AvgIpc) is 2.96. The second-order valence-electron chi connectivity index (χ2n) is 5.21. The zero-order chi connectivity index (χ0) is 14.8. The summed E-state index contributed by atoms with van der Waals surface area (Å²) >= 11 is 0. The third-order valence-corrected chi connectivity index (χ3v) is 3.68. The smallest absolute Gasteiger partial charge is 0.253 e. The van der Waals surface area contributed by atoms with Crippen molar-refractivity contribution < 1.29 is 14.6 Å². The zero-order valence-electron chi connectivity index (χ0n) is 11.9. The van der Waals surface area contributed by atoms with E-state index in [0.29, 0.717) is 18.7 Å². The molecule has 0 radical (unpaired) electrons. The number of para-hydroxylation sites is 1. The maximum atomic E-state index is 12.5. The van der Waals surface area contributed by atoms with E-state index < -0.39 is 0 Å². The van der Waals surface area contributed by atoms with Gasteiger partial charge in [0.1, 0.15) is 11.5 Å². The highest BCUT2D eigenvalue weighted by molar-refractivity contribution is 5.94. The van der Waals surface area contributed by atoms with Gasteiger partial charge < -0.3 is 14.7 Å². The minimum absolute atomic E-state index is 0.0621. The topological polar surface area (TPSA) is 49.8 Å². The number of ether oxygens (including phenoxy) is 1. The molecular formula is C17H17NO3. The zero-order valence-corrected chi connectivity index (χ0v) is 11.9. The lowest BCUT2D eigenvalue weighted by atomic mass is 10.1. The van der Waals surface area contributed by atoms with Gasteiger partial charge in [-0.05, 0) is 29.8 Å². The first kappa shape index (κ1) is 13.5. The van der Waals surface area contributed by atoms with Crippen LogP contribution in [0.5, 0.6) is 11.5 Å². The Balaban J connectivity index is 1.77. The molecule has 0 aromatic heterocycles. The Morgan fingerprint density at radius 2 is 2.10 bits per heavy atom. The van der Waals surface area contributed by atoms with Gasteiger partial charge in [-0.1, -0.05) is 18.2 Å². The molecule has 0 bridgehead atoms. The van der Waals surface area contributed by atoms with E-state index in [9.17, 15) is 9.90 Å². The summed E-state index contributed by atoms with van der Waals surface area (Å²) in [4.78, 5) is 14.1. The number of hydrogen-bond donors (Lipinski definition) is 1. The number of amides is 1. The Labute approximate surface area is 123 Å². The van der Waals surface area contributed by atoms with Gasteiger partial charge in [0, 0.05) is 31.1 Å². The largest absolute Gasteiger partial charge is 0.508 e. The van der Waals surface area contributed by atoms with Crippen LogP contribution in [0, 0.1) is 0 Å².